The maximum Gasteiger partial charge on any atom is 0.207 e. The molecule has 3 N–H and O–H groups in total. The van der Waals surface area contributed by atoms with Crippen LogP contribution < -0.4 is 5.73 Å². The van der Waals surface area contributed by atoms with Gasteiger partial charge in [-0.05, 0) is 41.0 Å². The van der Waals surface area contributed by atoms with Crippen LogP contribution in [0.25, 0.3) is 12.2 Å². The Kier molecular flexibility index (Phi) is 2.88. The van der Waals surface area contributed by atoms with Crippen molar-refractivity contribution in [2.75, 3.05) is 5.73 Å². The van der Waals surface area contributed by atoms with Gasteiger partial charge in [0.1, 0.15) is 0 Å². The molecule has 4 nitrogen and oxygen atoms in total. The third-order valence-corrected chi connectivity index (χ3v) is 5.20. The lowest BCUT2D eigenvalue weighted by molar-refractivity contribution is 0.281. The zero-order chi connectivity index (χ0) is 14.3. The molecule has 2 aromatic rings. The summed E-state index contributed by atoms with van der Waals surface area (Å²) in [4.78, 5) is 0.445. The number of rotatable bonds is 1. The predicted molar refractivity (Wildman–Crippen MR) is 77.6 cm³/mol. The average molecular weight is 287 g/mol. The summed E-state index contributed by atoms with van der Waals surface area (Å²) in [7, 11) is -3.62. The third-order valence-electron chi connectivity index (χ3n) is 3.32. The highest BCUT2D eigenvalue weighted by molar-refractivity contribution is 7.91. The Morgan fingerprint density at radius 2 is 1.70 bits per heavy atom. The highest BCUT2D eigenvalue weighted by Gasteiger charge is 2.25. The van der Waals surface area contributed by atoms with Gasteiger partial charge < -0.3 is 10.8 Å². The molecule has 0 aliphatic carbocycles. The summed E-state index contributed by atoms with van der Waals surface area (Å²) in [6.07, 6.45) is 3.49. The van der Waals surface area contributed by atoms with Crippen molar-refractivity contribution >= 4 is 27.7 Å². The first-order valence-corrected chi connectivity index (χ1v) is 7.57. The lowest BCUT2D eigenvalue weighted by Crippen LogP contribution is -2.06. The van der Waals surface area contributed by atoms with Crippen LogP contribution in [0.5, 0.6) is 0 Å². The van der Waals surface area contributed by atoms with E-state index < -0.39 is 9.84 Å². The number of hydrogen-bond donors (Lipinski definition) is 2. The lowest BCUT2D eigenvalue weighted by atomic mass is 10.1. The van der Waals surface area contributed by atoms with Gasteiger partial charge in [0.2, 0.25) is 9.84 Å². The largest absolute Gasteiger partial charge is 0.399 e. The summed E-state index contributed by atoms with van der Waals surface area (Å²) >= 11 is 0. The van der Waals surface area contributed by atoms with Crippen LogP contribution in [0.1, 0.15) is 16.7 Å². The van der Waals surface area contributed by atoms with E-state index in [1.165, 1.54) is 12.1 Å². The van der Waals surface area contributed by atoms with Crippen LogP contribution in [0, 0.1) is 0 Å². The van der Waals surface area contributed by atoms with E-state index in [1.807, 2.05) is 0 Å². The van der Waals surface area contributed by atoms with E-state index in [1.54, 1.807) is 36.4 Å². The van der Waals surface area contributed by atoms with Gasteiger partial charge in [0.25, 0.3) is 0 Å². The first-order valence-electron chi connectivity index (χ1n) is 6.09. The van der Waals surface area contributed by atoms with E-state index in [-0.39, 0.29) is 16.4 Å². The minimum Gasteiger partial charge on any atom is -0.399 e. The van der Waals surface area contributed by atoms with Crippen LogP contribution in [0.3, 0.4) is 0 Å². The van der Waals surface area contributed by atoms with Gasteiger partial charge in [-0.15, -0.1) is 0 Å². The van der Waals surface area contributed by atoms with Crippen LogP contribution in [-0.4, -0.2) is 13.5 Å². The molecule has 5 heteroatoms. The number of sulfone groups is 1. The maximum atomic E-state index is 12.7. The number of fused-ring (bicyclic) bond motifs is 2. The molecule has 0 saturated heterocycles. The molecule has 20 heavy (non-hydrogen) atoms. The smallest absolute Gasteiger partial charge is 0.207 e. The number of nitrogen functional groups attached to an aromatic ring is 1. The Hall–Kier alpha value is -2.11. The molecule has 0 aromatic heterocycles. The Labute approximate surface area is 117 Å². The molecule has 3 rings (SSSR count). The summed E-state index contributed by atoms with van der Waals surface area (Å²) in [6, 6.07) is 9.66. The predicted octanol–water partition coefficient (Wildman–Crippen LogP) is 2.08. The number of hydrogen-bond acceptors (Lipinski definition) is 4. The van der Waals surface area contributed by atoms with Gasteiger partial charge in [0.05, 0.1) is 16.4 Å². The molecule has 0 fully saturated rings. The molecule has 1 heterocycles. The second-order valence-electron chi connectivity index (χ2n) is 4.66. The second-order valence-corrected chi connectivity index (χ2v) is 6.55. The number of benzene rings is 2. The fourth-order valence-corrected chi connectivity index (χ4v) is 3.96. The highest BCUT2D eigenvalue weighted by atomic mass is 32.2. The molecule has 1 aliphatic heterocycles. The Morgan fingerprint density at radius 1 is 0.950 bits per heavy atom. The monoisotopic (exact) mass is 287 g/mol. The van der Waals surface area contributed by atoms with Crippen LogP contribution >= 0.6 is 0 Å². The van der Waals surface area contributed by atoms with Gasteiger partial charge in [-0.1, -0.05) is 24.3 Å². The highest BCUT2D eigenvalue weighted by Crippen LogP contribution is 2.33. The van der Waals surface area contributed by atoms with Crippen molar-refractivity contribution < 1.29 is 13.5 Å². The van der Waals surface area contributed by atoms with E-state index in [0.29, 0.717) is 22.4 Å². The van der Waals surface area contributed by atoms with Crippen molar-refractivity contribution in [2.45, 2.75) is 16.4 Å². The third kappa shape index (κ3) is 1.92. The van der Waals surface area contributed by atoms with Crippen LogP contribution in [0.15, 0.2) is 46.2 Å². The van der Waals surface area contributed by atoms with E-state index in [0.717, 1.165) is 0 Å². The zero-order valence-corrected chi connectivity index (χ0v) is 11.4. The molecular formula is C15H13NO3S. The molecule has 2 aromatic carbocycles. The molecule has 102 valence electrons. The molecule has 0 saturated carbocycles. The minimum atomic E-state index is -3.62. The first kappa shape index (κ1) is 12.9. The molecule has 0 unspecified atom stereocenters. The van der Waals surface area contributed by atoms with Crippen molar-refractivity contribution in [1.29, 1.82) is 0 Å². The first-order chi connectivity index (χ1) is 9.52. The van der Waals surface area contributed by atoms with E-state index >= 15 is 0 Å². The van der Waals surface area contributed by atoms with Gasteiger partial charge in [-0.3, -0.25) is 0 Å². The average Bonchev–Trinajstić information content (AvgIpc) is 2.54. The van der Waals surface area contributed by atoms with Gasteiger partial charge >= 0.3 is 0 Å². The topological polar surface area (TPSA) is 80.4 Å². The van der Waals surface area contributed by atoms with Crippen molar-refractivity contribution in [3.63, 3.8) is 0 Å². The molecular weight excluding hydrogens is 274 g/mol. The molecule has 0 amide bonds. The molecule has 0 atom stereocenters. The Bertz CT molecular complexity index is 823. The van der Waals surface area contributed by atoms with Crippen molar-refractivity contribution in [2.24, 2.45) is 0 Å². The van der Waals surface area contributed by atoms with Gasteiger partial charge in [0, 0.05) is 5.69 Å². The summed E-state index contributed by atoms with van der Waals surface area (Å²) in [5.41, 5.74) is 7.98. The summed E-state index contributed by atoms with van der Waals surface area (Å²) < 4.78 is 25.5. The fraction of sp³-hybridized carbons (Fsp3) is 0.0667. The van der Waals surface area contributed by atoms with Gasteiger partial charge in [-0.2, -0.15) is 0 Å². The van der Waals surface area contributed by atoms with E-state index in [9.17, 15) is 13.5 Å². The standard InChI is InChI=1S/C15H13NO3S/c16-13-5-6-14-12(8-13)4-3-11-2-1-10(9-17)7-15(11)20(14,18)19/h1-8,17H,9,16H2. The lowest BCUT2D eigenvalue weighted by Gasteiger charge is -2.09. The number of anilines is 1. The Balaban J connectivity index is 2.34. The number of nitrogens with two attached hydrogens (primary N) is 1. The summed E-state index contributed by atoms with van der Waals surface area (Å²) in [5.74, 6) is 0. The molecule has 1 aliphatic rings. The normalized spacial score (nSPS) is 15.2. The SMILES string of the molecule is Nc1ccc2c(c1)C=Cc1ccc(CO)cc1S2(=O)=O. The molecule has 0 spiro atoms. The quantitative estimate of drug-likeness (QED) is 0.671. The minimum absolute atomic E-state index is 0.193. The molecule has 0 bridgehead atoms. The van der Waals surface area contributed by atoms with Gasteiger partial charge in [-0.25, -0.2) is 8.42 Å². The second kappa shape index (κ2) is 4.47. The van der Waals surface area contributed by atoms with Crippen molar-refractivity contribution in [1.82, 2.24) is 0 Å². The zero-order valence-electron chi connectivity index (χ0n) is 10.6. The van der Waals surface area contributed by atoms with Crippen LogP contribution in [0.4, 0.5) is 5.69 Å². The number of aliphatic hydroxyl groups excluding tert-OH is 1. The van der Waals surface area contributed by atoms with Crippen molar-refractivity contribution in [3.05, 3.63) is 53.1 Å². The van der Waals surface area contributed by atoms with E-state index in [4.69, 9.17) is 5.73 Å². The van der Waals surface area contributed by atoms with Gasteiger partial charge in [0.15, 0.2) is 0 Å². The maximum absolute atomic E-state index is 12.7. The molecule has 0 radical (unpaired) electrons. The van der Waals surface area contributed by atoms with Crippen molar-refractivity contribution in [3.8, 4) is 0 Å². The van der Waals surface area contributed by atoms with E-state index in [2.05, 4.69) is 0 Å². The fourth-order valence-electron chi connectivity index (χ4n) is 2.29. The summed E-state index contributed by atoms with van der Waals surface area (Å²) in [5, 5.41) is 9.18. The Morgan fingerprint density at radius 3 is 2.45 bits per heavy atom. The van der Waals surface area contributed by atoms with Crippen LogP contribution in [0.2, 0.25) is 0 Å². The summed E-state index contributed by atoms with van der Waals surface area (Å²) in [6.45, 7) is -0.193. The van der Waals surface area contributed by atoms with Crippen LogP contribution in [-0.2, 0) is 16.4 Å². The number of aliphatic hydroxyl groups is 1.